The van der Waals surface area contributed by atoms with Gasteiger partial charge in [0.1, 0.15) is 0 Å². The van der Waals surface area contributed by atoms with E-state index in [4.69, 9.17) is 4.74 Å². The number of halogens is 1. The molecule has 0 spiro atoms. The molecule has 0 heterocycles. The molecule has 0 fully saturated rings. The van der Waals surface area contributed by atoms with E-state index in [1.165, 1.54) is 17.0 Å². The van der Waals surface area contributed by atoms with Crippen molar-refractivity contribution in [1.82, 2.24) is 4.90 Å². The van der Waals surface area contributed by atoms with Crippen molar-refractivity contribution >= 4 is 6.09 Å². The quantitative estimate of drug-likeness (QED) is 0.791. The molecular formula is C12H16FNO2. The molecule has 4 heteroatoms. The second-order valence-electron chi connectivity index (χ2n) is 3.72. The zero-order valence-corrected chi connectivity index (χ0v) is 9.79. The summed E-state index contributed by atoms with van der Waals surface area (Å²) in [6.07, 6.45) is 0.299. The highest BCUT2D eigenvalue weighted by Crippen LogP contribution is 2.18. The van der Waals surface area contributed by atoms with Crippen molar-refractivity contribution in [3.05, 3.63) is 29.6 Å². The summed E-state index contributed by atoms with van der Waals surface area (Å²) >= 11 is 0. The van der Waals surface area contributed by atoms with E-state index in [0.717, 1.165) is 12.0 Å². The average molecular weight is 225 g/mol. The van der Waals surface area contributed by atoms with Crippen LogP contribution >= 0.6 is 0 Å². The number of nitrogens with zero attached hydrogens (tertiary/aromatic N) is 1. The van der Waals surface area contributed by atoms with E-state index in [9.17, 15) is 9.18 Å². The molecule has 1 aromatic rings. The summed E-state index contributed by atoms with van der Waals surface area (Å²) in [6.45, 7) is 4.36. The van der Waals surface area contributed by atoms with Gasteiger partial charge in [0.05, 0.1) is 0 Å². The third kappa shape index (κ3) is 3.22. The third-order valence-electron chi connectivity index (χ3n) is 2.15. The van der Waals surface area contributed by atoms with Gasteiger partial charge in [0, 0.05) is 13.6 Å². The highest BCUT2D eigenvalue weighted by atomic mass is 19.1. The van der Waals surface area contributed by atoms with Gasteiger partial charge in [0.2, 0.25) is 0 Å². The number of rotatable bonds is 3. The van der Waals surface area contributed by atoms with E-state index in [1.54, 1.807) is 13.1 Å². The summed E-state index contributed by atoms with van der Waals surface area (Å²) in [5.41, 5.74) is 0.849. The molecule has 0 aromatic heterocycles. The van der Waals surface area contributed by atoms with Crippen molar-refractivity contribution in [2.24, 2.45) is 0 Å². The SMILES string of the molecule is CCCN(C)C(=O)Oc1cc(C)ccc1F. The number of benzene rings is 1. The minimum absolute atomic E-state index is 0.0204. The van der Waals surface area contributed by atoms with Crippen LogP contribution in [-0.2, 0) is 0 Å². The number of carbonyl (C=O) groups is 1. The molecular weight excluding hydrogens is 209 g/mol. The van der Waals surface area contributed by atoms with Gasteiger partial charge in [-0.2, -0.15) is 0 Å². The predicted octanol–water partition coefficient (Wildman–Crippen LogP) is 2.97. The minimum atomic E-state index is -0.536. The van der Waals surface area contributed by atoms with Crippen molar-refractivity contribution in [3.63, 3.8) is 0 Å². The summed E-state index contributed by atoms with van der Waals surface area (Å²) in [4.78, 5) is 12.9. The van der Waals surface area contributed by atoms with E-state index in [-0.39, 0.29) is 5.75 Å². The molecule has 1 rings (SSSR count). The molecule has 0 bridgehead atoms. The molecule has 0 aliphatic rings. The number of hydrogen-bond donors (Lipinski definition) is 0. The van der Waals surface area contributed by atoms with Gasteiger partial charge in [0.15, 0.2) is 11.6 Å². The standard InChI is InChI=1S/C12H16FNO2/c1-4-7-14(3)12(15)16-11-8-9(2)5-6-10(11)13/h5-6,8H,4,7H2,1-3H3. The first-order valence-corrected chi connectivity index (χ1v) is 5.23. The van der Waals surface area contributed by atoms with Crippen LogP contribution in [0.15, 0.2) is 18.2 Å². The van der Waals surface area contributed by atoms with Crippen LogP contribution in [-0.4, -0.2) is 24.6 Å². The van der Waals surface area contributed by atoms with Gasteiger partial charge in [-0.05, 0) is 31.0 Å². The number of aryl methyl sites for hydroxylation is 1. The van der Waals surface area contributed by atoms with Crippen molar-refractivity contribution < 1.29 is 13.9 Å². The topological polar surface area (TPSA) is 29.5 Å². The third-order valence-corrected chi connectivity index (χ3v) is 2.15. The first kappa shape index (κ1) is 12.5. The van der Waals surface area contributed by atoms with Crippen LogP contribution in [0.1, 0.15) is 18.9 Å². The Kier molecular flexibility index (Phi) is 4.28. The maximum Gasteiger partial charge on any atom is 0.415 e. The Labute approximate surface area is 94.8 Å². The number of carbonyl (C=O) groups excluding carboxylic acids is 1. The summed E-state index contributed by atoms with van der Waals surface area (Å²) < 4.78 is 18.2. The summed E-state index contributed by atoms with van der Waals surface area (Å²) in [6, 6.07) is 4.42. The highest BCUT2D eigenvalue weighted by Gasteiger charge is 2.13. The molecule has 0 aliphatic heterocycles. The number of amides is 1. The Morgan fingerprint density at radius 3 is 2.81 bits per heavy atom. The summed E-state index contributed by atoms with van der Waals surface area (Å²) in [7, 11) is 1.62. The highest BCUT2D eigenvalue weighted by molar-refractivity contribution is 5.70. The van der Waals surface area contributed by atoms with Crippen molar-refractivity contribution in [3.8, 4) is 5.75 Å². The monoisotopic (exact) mass is 225 g/mol. The van der Waals surface area contributed by atoms with Crippen LogP contribution in [0.25, 0.3) is 0 Å². The second-order valence-corrected chi connectivity index (χ2v) is 3.72. The van der Waals surface area contributed by atoms with Crippen molar-refractivity contribution in [2.45, 2.75) is 20.3 Å². The lowest BCUT2D eigenvalue weighted by Crippen LogP contribution is -2.30. The molecule has 1 aromatic carbocycles. The average Bonchev–Trinajstić information content (AvgIpc) is 2.23. The van der Waals surface area contributed by atoms with Crippen LogP contribution < -0.4 is 4.74 Å². The Bertz CT molecular complexity index is 379. The second kappa shape index (κ2) is 5.49. The molecule has 0 saturated carbocycles. The Morgan fingerprint density at radius 2 is 2.19 bits per heavy atom. The Balaban J connectivity index is 2.72. The largest absolute Gasteiger partial charge is 0.415 e. The van der Waals surface area contributed by atoms with Crippen molar-refractivity contribution in [1.29, 1.82) is 0 Å². The molecule has 1 amide bonds. The smallest absolute Gasteiger partial charge is 0.407 e. The van der Waals surface area contributed by atoms with Gasteiger partial charge in [0.25, 0.3) is 0 Å². The Morgan fingerprint density at radius 1 is 1.50 bits per heavy atom. The zero-order chi connectivity index (χ0) is 12.1. The Hall–Kier alpha value is -1.58. The first-order chi connectivity index (χ1) is 7.54. The fourth-order valence-corrected chi connectivity index (χ4v) is 1.29. The van der Waals surface area contributed by atoms with Crippen molar-refractivity contribution in [2.75, 3.05) is 13.6 Å². The normalized spacial score (nSPS) is 10.0. The van der Waals surface area contributed by atoms with E-state index in [1.807, 2.05) is 13.8 Å². The molecule has 88 valence electrons. The molecule has 3 nitrogen and oxygen atoms in total. The lowest BCUT2D eigenvalue weighted by molar-refractivity contribution is 0.161. The predicted molar refractivity (Wildman–Crippen MR) is 60.1 cm³/mol. The molecule has 0 aliphatic carbocycles. The van der Waals surface area contributed by atoms with Gasteiger partial charge in [-0.3, -0.25) is 0 Å². The first-order valence-electron chi connectivity index (χ1n) is 5.23. The van der Waals surface area contributed by atoms with Crippen LogP contribution in [0, 0.1) is 12.7 Å². The van der Waals surface area contributed by atoms with Crippen LogP contribution in [0.2, 0.25) is 0 Å². The van der Waals surface area contributed by atoms with E-state index >= 15 is 0 Å². The summed E-state index contributed by atoms with van der Waals surface area (Å²) in [5, 5.41) is 0. The van der Waals surface area contributed by atoms with E-state index in [2.05, 4.69) is 0 Å². The maximum atomic E-state index is 13.3. The zero-order valence-electron chi connectivity index (χ0n) is 9.79. The van der Waals surface area contributed by atoms with E-state index in [0.29, 0.717) is 6.54 Å². The maximum absolute atomic E-state index is 13.3. The molecule has 0 unspecified atom stereocenters. The van der Waals surface area contributed by atoms with Gasteiger partial charge >= 0.3 is 6.09 Å². The molecule has 16 heavy (non-hydrogen) atoms. The van der Waals surface area contributed by atoms with E-state index < -0.39 is 11.9 Å². The van der Waals surface area contributed by atoms with Crippen LogP contribution in [0.5, 0.6) is 5.75 Å². The molecule has 0 N–H and O–H groups in total. The van der Waals surface area contributed by atoms with Gasteiger partial charge in [-0.1, -0.05) is 13.0 Å². The van der Waals surface area contributed by atoms with Crippen LogP contribution in [0.4, 0.5) is 9.18 Å². The molecule has 0 atom stereocenters. The minimum Gasteiger partial charge on any atom is -0.407 e. The van der Waals surface area contributed by atoms with Gasteiger partial charge in [-0.25, -0.2) is 9.18 Å². The lowest BCUT2D eigenvalue weighted by Gasteiger charge is -2.15. The van der Waals surface area contributed by atoms with Gasteiger partial charge < -0.3 is 9.64 Å². The number of ether oxygens (including phenoxy) is 1. The lowest BCUT2D eigenvalue weighted by atomic mass is 10.2. The molecule has 0 saturated heterocycles. The fourth-order valence-electron chi connectivity index (χ4n) is 1.29. The fraction of sp³-hybridized carbons (Fsp3) is 0.417. The number of hydrogen-bond acceptors (Lipinski definition) is 2. The summed E-state index contributed by atoms with van der Waals surface area (Å²) in [5.74, 6) is -0.545. The van der Waals surface area contributed by atoms with Crippen LogP contribution in [0.3, 0.4) is 0 Å². The molecule has 0 radical (unpaired) electrons. The van der Waals surface area contributed by atoms with Gasteiger partial charge in [-0.15, -0.1) is 0 Å².